The fourth-order valence-electron chi connectivity index (χ4n) is 1.08. The normalized spacial score (nSPS) is 13.2. The Kier molecular flexibility index (Phi) is 4.45. The van der Waals surface area contributed by atoms with Crippen LogP contribution in [0.1, 0.15) is 20.3 Å². The molecule has 1 heterocycles. The van der Waals surface area contributed by atoms with E-state index in [0.717, 1.165) is 11.6 Å². The molecule has 1 aromatic rings. The first-order valence-corrected chi connectivity index (χ1v) is 5.74. The third kappa shape index (κ3) is 3.48. The molecule has 1 unspecified atom stereocenters. The van der Waals surface area contributed by atoms with Crippen molar-refractivity contribution in [3.05, 3.63) is 5.51 Å². The molecule has 1 N–H and O–H groups in total. The summed E-state index contributed by atoms with van der Waals surface area (Å²) < 4.78 is 0. The van der Waals surface area contributed by atoms with E-state index in [2.05, 4.69) is 29.4 Å². The summed E-state index contributed by atoms with van der Waals surface area (Å²) in [6.45, 7) is 4.34. The van der Waals surface area contributed by atoms with Crippen molar-refractivity contribution in [1.82, 2.24) is 10.2 Å². The first-order chi connectivity index (χ1) is 6.24. The first-order valence-electron chi connectivity index (χ1n) is 4.32. The summed E-state index contributed by atoms with van der Waals surface area (Å²) in [6.07, 6.45) is 0.957. The standard InChI is InChI=1S/C8H14ClN3S/c1-6(2)7(3-4-9)11-8-12-10-5-13-8/h5-7H,3-4H2,1-2H3,(H,11,12). The van der Waals surface area contributed by atoms with Crippen LogP contribution in [0.2, 0.25) is 0 Å². The summed E-state index contributed by atoms with van der Waals surface area (Å²) in [6, 6.07) is 0.394. The molecule has 1 rings (SSSR count). The zero-order valence-corrected chi connectivity index (χ0v) is 9.40. The Balaban J connectivity index is 2.47. The van der Waals surface area contributed by atoms with Crippen molar-refractivity contribution >= 4 is 28.1 Å². The van der Waals surface area contributed by atoms with E-state index in [0.29, 0.717) is 17.8 Å². The van der Waals surface area contributed by atoms with Crippen LogP contribution in [-0.4, -0.2) is 22.1 Å². The molecular weight excluding hydrogens is 206 g/mol. The van der Waals surface area contributed by atoms with E-state index in [9.17, 15) is 0 Å². The predicted molar refractivity (Wildman–Crippen MR) is 57.5 cm³/mol. The minimum Gasteiger partial charge on any atom is -0.357 e. The lowest BCUT2D eigenvalue weighted by molar-refractivity contribution is 0.512. The summed E-state index contributed by atoms with van der Waals surface area (Å²) in [4.78, 5) is 0. The molecule has 0 fully saturated rings. The van der Waals surface area contributed by atoms with Crippen LogP contribution in [-0.2, 0) is 0 Å². The molecule has 3 nitrogen and oxygen atoms in total. The van der Waals surface area contributed by atoms with Crippen molar-refractivity contribution in [2.24, 2.45) is 5.92 Å². The molecule has 0 bridgehead atoms. The fourth-order valence-corrected chi connectivity index (χ4v) is 1.83. The summed E-state index contributed by atoms with van der Waals surface area (Å²) in [5.74, 6) is 1.23. The monoisotopic (exact) mass is 219 g/mol. The van der Waals surface area contributed by atoms with Gasteiger partial charge < -0.3 is 5.32 Å². The molecule has 1 atom stereocenters. The van der Waals surface area contributed by atoms with E-state index in [1.807, 2.05) is 0 Å². The van der Waals surface area contributed by atoms with Crippen LogP contribution in [0.4, 0.5) is 5.13 Å². The topological polar surface area (TPSA) is 37.8 Å². The maximum absolute atomic E-state index is 5.71. The zero-order chi connectivity index (χ0) is 9.68. The number of hydrogen-bond donors (Lipinski definition) is 1. The lowest BCUT2D eigenvalue weighted by atomic mass is 10.0. The third-order valence-electron chi connectivity index (χ3n) is 1.89. The number of alkyl halides is 1. The van der Waals surface area contributed by atoms with E-state index in [1.54, 1.807) is 5.51 Å². The van der Waals surface area contributed by atoms with E-state index in [4.69, 9.17) is 11.6 Å². The first kappa shape index (κ1) is 10.7. The minimum absolute atomic E-state index is 0.394. The van der Waals surface area contributed by atoms with Gasteiger partial charge in [0.05, 0.1) is 0 Å². The van der Waals surface area contributed by atoms with E-state index >= 15 is 0 Å². The van der Waals surface area contributed by atoms with Gasteiger partial charge in [-0.25, -0.2) is 0 Å². The molecule has 0 aliphatic rings. The number of nitrogens with zero attached hydrogens (tertiary/aromatic N) is 2. The van der Waals surface area contributed by atoms with E-state index in [1.165, 1.54) is 11.3 Å². The molecule has 1 aromatic heterocycles. The van der Waals surface area contributed by atoms with Gasteiger partial charge in [0.2, 0.25) is 5.13 Å². The van der Waals surface area contributed by atoms with Crippen molar-refractivity contribution in [3.63, 3.8) is 0 Å². The highest BCUT2D eigenvalue weighted by Gasteiger charge is 2.13. The Labute approximate surface area is 87.5 Å². The SMILES string of the molecule is CC(C)C(CCCl)Nc1nncs1. The highest BCUT2D eigenvalue weighted by molar-refractivity contribution is 7.13. The second-order valence-corrected chi connectivity index (χ2v) is 4.43. The Bertz CT molecular complexity index is 225. The molecular formula is C8H14ClN3S. The van der Waals surface area contributed by atoms with Crippen LogP contribution >= 0.6 is 22.9 Å². The van der Waals surface area contributed by atoms with Crippen LogP contribution < -0.4 is 5.32 Å². The van der Waals surface area contributed by atoms with Gasteiger partial charge in [-0.15, -0.1) is 21.8 Å². The van der Waals surface area contributed by atoms with Crippen LogP contribution in [0.25, 0.3) is 0 Å². The van der Waals surface area contributed by atoms with Gasteiger partial charge in [-0.1, -0.05) is 25.2 Å². The van der Waals surface area contributed by atoms with Gasteiger partial charge in [-0.05, 0) is 12.3 Å². The van der Waals surface area contributed by atoms with Gasteiger partial charge >= 0.3 is 0 Å². The smallest absolute Gasteiger partial charge is 0.205 e. The molecule has 0 aromatic carbocycles. The van der Waals surface area contributed by atoms with Gasteiger partial charge in [0.15, 0.2) is 0 Å². The highest BCUT2D eigenvalue weighted by atomic mass is 35.5. The lowest BCUT2D eigenvalue weighted by Gasteiger charge is -2.20. The van der Waals surface area contributed by atoms with Crippen LogP contribution in [0.15, 0.2) is 5.51 Å². The highest BCUT2D eigenvalue weighted by Crippen LogP contribution is 2.16. The second kappa shape index (κ2) is 5.40. The molecule has 0 spiro atoms. The Morgan fingerprint density at radius 2 is 2.38 bits per heavy atom. The molecule has 0 aliphatic heterocycles. The average molecular weight is 220 g/mol. The summed E-state index contributed by atoms with van der Waals surface area (Å²) >= 11 is 7.23. The maximum atomic E-state index is 5.71. The average Bonchev–Trinajstić information content (AvgIpc) is 2.56. The molecule has 5 heteroatoms. The van der Waals surface area contributed by atoms with Crippen molar-refractivity contribution in [1.29, 1.82) is 0 Å². The summed E-state index contributed by atoms with van der Waals surface area (Å²) in [5.41, 5.74) is 1.72. The fraction of sp³-hybridized carbons (Fsp3) is 0.750. The van der Waals surface area contributed by atoms with Gasteiger partial charge in [-0.2, -0.15) is 0 Å². The number of rotatable bonds is 5. The van der Waals surface area contributed by atoms with E-state index < -0.39 is 0 Å². The maximum Gasteiger partial charge on any atom is 0.205 e. The predicted octanol–water partition coefficient (Wildman–Crippen LogP) is 2.60. The Morgan fingerprint density at radius 3 is 2.85 bits per heavy atom. The summed E-state index contributed by atoms with van der Waals surface area (Å²) in [7, 11) is 0. The Hall–Kier alpha value is -0.350. The number of hydrogen-bond acceptors (Lipinski definition) is 4. The quantitative estimate of drug-likeness (QED) is 0.774. The zero-order valence-electron chi connectivity index (χ0n) is 7.83. The van der Waals surface area contributed by atoms with Gasteiger partial charge in [0.1, 0.15) is 5.51 Å². The number of nitrogens with one attached hydrogen (secondary N) is 1. The molecule has 0 saturated heterocycles. The third-order valence-corrected chi connectivity index (χ3v) is 2.73. The number of anilines is 1. The van der Waals surface area contributed by atoms with Crippen LogP contribution in [0, 0.1) is 5.92 Å². The molecule has 0 aliphatic carbocycles. The van der Waals surface area contributed by atoms with Crippen molar-refractivity contribution in [2.45, 2.75) is 26.3 Å². The second-order valence-electron chi connectivity index (χ2n) is 3.22. The molecule has 74 valence electrons. The molecule has 0 radical (unpaired) electrons. The van der Waals surface area contributed by atoms with Crippen LogP contribution in [0.5, 0.6) is 0 Å². The van der Waals surface area contributed by atoms with Crippen molar-refractivity contribution in [3.8, 4) is 0 Å². The van der Waals surface area contributed by atoms with Crippen molar-refractivity contribution < 1.29 is 0 Å². The molecule has 0 amide bonds. The largest absolute Gasteiger partial charge is 0.357 e. The molecule has 13 heavy (non-hydrogen) atoms. The molecule has 0 saturated carbocycles. The number of halogens is 1. The lowest BCUT2D eigenvalue weighted by Crippen LogP contribution is -2.26. The van der Waals surface area contributed by atoms with Crippen molar-refractivity contribution in [2.75, 3.05) is 11.2 Å². The Morgan fingerprint density at radius 1 is 1.62 bits per heavy atom. The van der Waals surface area contributed by atoms with Gasteiger partial charge in [-0.3, -0.25) is 0 Å². The minimum atomic E-state index is 0.394. The van der Waals surface area contributed by atoms with Crippen LogP contribution in [0.3, 0.4) is 0 Å². The van der Waals surface area contributed by atoms with Gasteiger partial charge in [0.25, 0.3) is 0 Å². The van der Waals surface area contributed by atoms with Gasteiger partial charge in [0, 0.05) is 11.9 Å². The summed E-state index contributed by atoms with van der Waals surface area (Å²) in [5, 5.41) is 11.9. The van der Waals surface area contributed by atoms with E-state index in [-0.39, 0.29) is 0 Å². The number of aromatic nitrogens is 2.